The number of rotatable bonds is 4. The van der Waals surface area contributed by atoms with E-state index in [0.717, 1.165) is 14.8 Å². The molecule has 0 aliphatic heterocycles. The van der Waals surface area contributed by atoms with Crippen LogP contribution in [0.4, 0.5) is 0 Å². The summed E-state index contributed by atoms with van der Waals surface area (Å²) in [7, 11) is 1.95. The zero-order valence-electron chi connectivity index (χ0n) is 11.1. The molecule has 0 aliphatic carbocycles. The molecule has 19 heavy (non-hydrogen) atoms. The third kappa shape index (κ3) is 3.43. The normalized spacial score (nSPS) is 14.4. The van der Waals surface area contributed by atoms with Crippen LogP contribution in [0.5, 0.6) is 0 Å². The van der Waals surface area contributed by atoms with Crippen LogP contribution >= 0.6 is 31.9 Å². The Balaban J connectivity index is 2.13. The summed E-state index contributed by atoms with van der Waals surface area (Å²) in [4.78, 5) is 0. The molecule has 0 bridgehead atoms. The van der Waals surface area contributed by atoms with Crippen molar-refractivity contribution in [3.63, 3.8) is 0 Å². The zero-order valence-corrected chi connectivity index (χ0v) is 14.2. The van der Waals surface area contributed by atoms with E-state index in [4.69, 9.17) is 0 Å². The lowest BCUT2D eigenvalue weighted by molar-refractivity contribution is 0.465. The molecule has 102 valence electrons. The van der Waals surface area contributed by atoms with E-state index in [0.29, 0.717) is 0 Å². The lowest BCUT2D eigenvalue weighted by Crippen LogP contribution is -2.25. The lowest BCUT2D eigenvalue weighted by Gasteiger charge is -2.20. The minimum absolute atomic E-state index is 0.137. The van der Waals surface area contributed by atoms with Gasteiger partial charge in [0.15, 0.2) is 0 Å². The average Bonchev–Trinajstić information content (AvgIpc) is 2.75. The van der Waals surface area contributed by atoms with E-state index in [2.05, 4.69) is 73.4 Å². The van der Waals surface area contributed by atoms with Crippen molar-refractivity contribution in [2.75, 3.05) is 0 Å². The minimum atomic E-state index is 0.137. The van der Waals surface area contributed by atoms with Gasteiger partial charge < -0.3 is 9.88 Å². The van der Waals surface area contributed by atoms with E-state index in [9.17, 15) is 0 Å². The molecule has 6 heteroatoms. The Hall–Kier alpha value is -0.720. The summed E-state index contributed by atoms with van der Waals surface area (Å²) in [6.07, 6.45) is 1.72. The molecular weight excluding hydrogens is 372 g/mol. The summed E-state index contributed by atoms with van der Waals surface area (Å²) in [5, 5.41) is 11.6. The van der Waals surface area contributed by atoms with Crippen molar-refractivity contribution in [1.82, 2.24) is 20.1 Å². The maximum atomic E-state index is 4.13. The summed E-state index contributed by atoms with van der Waals surface area (Å²) in [5.41, 5.74) is 1.22. The molecule has 1 N–H and O–H groups in total. The fraction of sp³-hybridized carbons (Fsp3) is 0.385. The number of aryl methyl sites for hydroxylation is 1. The molecule has 0 radical (unpaired) electrons. The summed E-state index contributed by atoms with van der Waals surface area (Å²) >= 11 is 7.06. The fourth-order valence-electron chi connectivity index (χ4n) is 2.08. The van der Waals surface area contributed by atoms with E-state index in [1.165, 1.54) is 5.56 Å². The Morgan fingerprint density at radius 2 is 1.95 bits per heavy atom. The minimum Gasteiger partial charge on any atom is -0.319 e. The molecule has 2 unspecified atom stereocenters. The van der Waals surface area contributed by atoms with Gasteiger partial charge in [0.2, 0.25) is 0 Å². The standard InChI is InChI=1S/C13H16Br2N4/c1-8(11-5-4-10(14)6-12(11)15)17-9(2)13-18-16-7-19(13)3/h4-9,17H,1-3H3. The highest BCUT2D eigenvalue weighted by Crippen LogP contribution is 2.28. The molecule has 2 rings (SSSR count). The summed E-state index contributed by atoms with van der Waals surface area (Å²) in [6, 6.07) is 6.56. The van der Waals surface area contributed by atoms with Crippen LogP contribution in [0.3, 0.4) is 0 Å². The second-order valence-corrected chi connectivity index (χ2v) is 6.35. The smallest absolute Gasteiger partial charge is 0.149 e. The lowest BCUT2D eigenvalue weighted by atomic mass is 10.1. The Kier molecular flexibility index (Phi) is 4.76. The van der Waals surface area contributed by atoms with E-state index < -0.39 is 0 Å². The van der Waals surface area contributed by atoms with Crippen LogP contribution in [-0.2, 0) is 7.05 Å². The molecule has 0 spiro atoms. The first-order chi connectivity index (χ1) is 8.99. The van der Waals surface area contributed by atoms with Gasteiger partial charge in [-0.05, 0) is 31.5 Å². The number of hydrogen-bond donors (Lipinski definition) is 1. The predicted octanol–water partition coefficient (Wildman–Crippen LogP) is 3.75. The predicted molar refractivity (Wildman–Crippen MR) is 82.8 cm³/mol. The number of aromatic nitrogens is 3. The third-order valence-corrected chi connectivity index (χ3v) is 4.24. The molecule has 0 saturated heterocycles. The second kappa shape index (κ2) is 6.15. The molecule has 0 amide bonds. The summed E-state index contributed by atoms with van der Waals surface area (Å²) in [5.74, 6) is 0.931. The van der Waals surface area contributed by atoms with Gasteiger partial charge in [0.1, 0.15) is 12.2 Å². The van der Waals surface area contributed by atoms with Crippen molar-refractivity contribution in [3.05, 3.63) is 44.9 Å². The van der Waals surface area contributed by atoms with Crippen LogP contribution in [0.2, 0.25) is 0 Å². The van der Waals surface area contributed by atoms with Gasteiger partial charge >= 0.3 is 0 Å². The fourth-order valence-corrected chi connectivity index (χ4v) is 3.47. The first kappa shape index (κ1) is 14.7. The highest BCUT2D eigenvalue weighted by molar-refractivity contribution is 9.11. The number of halogens is 2. The van der Waals surface area contributed by atoms with Gasteiger partial charge in [-0.2, -0.15) is 0 Å². The van der Waals surface area contributed by atoms with Crippen LogP contribution in [0.15, 0.2) is 33.5 Å². The van der Waals surface area contributed by atoms with Crippen LogP contribution < -0.4 is 5.32 Å². The largest absolute Gasteiger partial charge is 0.319 e. The highest BCUT2D eigenvalue weighted by atomic mass is 79.9. The van der Waals surface area contributed by atoms with Crippen molar-refractivity contribution >= 4 is 31.9 Å². The van der Waals surface area contributed by atoms with E-state index in [-0.39, 0.29) is 12.1 Å². The van der Waals surface area contributed by atoms with Gasteiger partial charge in [0.25, 0.3) is 0 Å². The van der Waals surface area contributed by atoms with Crippen molar-refractivity contribution in [2.24, 2.45) is 7.05 Å². The Morgan fingerprint density at radius 3 is 2.53 bits per heavy atom. The first-order valence-electron chi connectivity index (χ1n) is 6.04. The second-order valence-electron chi connectivity index (χ2n) is 4.58. The molecule has 1 aromatic carbocycles. The topological polar surface area (TPSA) is 42.7 Å². The molecule has 4 nitrogen and oxygen atoms in total. The molecule has 2 aromatic rings. The molecule has 0 aliphatic rings. The van der Waals surface area contributed by atoms with Crippen LogP contribution in [0.1, 0.15) is 37.3 Å². The molecular formula is C13H16Br2N4. The SMILES string of the molecule is CC(NC(C)c1nncn1C)c1ccc(Br)cc1Br. The van der Waals surface area contributed by atoms with Gasteiger partial charge in [-0.15, -0.1) is 10.2 Å². The number of hydrogen-bond acceptors (Lipinski definition) is 3. The quantitative estimate of drug-likeness (QED) is 0.868. The molecule has 0 saturated carbocycles. The van der Waals surface area contributed by atoms with Crippen LogP contribution in [0, 0.1) is 0 Å². The van der Waals surface area contributed by atoms with E-state index in [1.54, 1.807) is 6.33 Å². The first-order valence-corrected chi connectivity index (χ1v) is 7.62. The highest BCUT2D eigenvalue weighted by Gasteiger charge is 2.16. The molecule has 1 heterocycles. The zero-order chi connectivity index (χ0) is 14.0. The Bertz CT molecular complexity index is 568. The van der Waals surface area contributed by atoms with Gasteiger partial charge in [-0.3, -0.25) is 0 Å². The van der Waals surface area contributed by atoms with Crippen molar-refractivity contribution < 1.29 is 0 Å². The number of benzene rings is 1. The van der Waals surface area contributed by atoms with Crippen LogP contribution in [-0.4, -0.2) is 14.8 Å². The van der Waals surface area contributed by atoms with Crippen molar-refractivity contribution in [2.45, 2.75) is 25.9 Å². The average molecular weight is 388 g/mol. The van der Waals surface area contributed by atoms with E-state index in [1.807, 2.05) is 17.7 Å². The van der Waals surface area contributed by atoms with Crippen molar-refractivity contribution in [3.8, 4) is 0 Å². The monoisotopic (exact) mass is 386 g/mol. The molecule has 0 fully saturated rings. The van der Waals surface area contributed by atoms with E-state index >= 15 is 0 Å². The summed E-state index contributed by atoms with van der Waals surface area (Å²) in [6.45, 7) is 4.23. The number of nitrogens with zero attached hydrogens (tertiary/aromatic N) is 3. The van der Waals surface area contributed by atoms with Crippen LogP contribution in [0.25, 0.3) is 0 Å². The molecule has 2 atom stereocenters. The third-order valence-electron chi connectivity index (χ3n) is 3.06. The number of nitrogens with one attached hydrogen (secondary N) is 1. The Morgan fingerprint density at radius 1 is 1.21 bits per heavy atom. The van der Waals surface area contributed by atoms with Gasteiger partial charge in [-0.25, -0.2) is 0 Å². The maximum absolute atomic E-state index is 4.13. The Labute approximate surface area is 129 Å². The van der Waals surface area contributed by atoms with Gasteiger partial charge in [0, 0.05) is 22.0 Å². The summed E-state index contributed by atoms with van der Waals surface area (Å²) < 4.78 is 4.09. The molecule has 1 aromatic heterocycles. The maximum Gasteiger partial charge on any atom is 0.149 e. The van der Waals surface area contributed by atoms with Gasteiger partial charge in [0.05, 0.1) is 6.04 Å². The van der Waals surface area contributed by atoms with Crippen molar-refractivity contribution in [1.29, 1.82) is 0 Å². The van der Waals surface area contributed by atoms with Gasteiger partial charge in [-0.1, -0.05) is 37.9 Å².